The van der Waals surface area contributed by atoms with E-state index in [0.717, 1.165) is 42.5 Å². The summed E-state index contributed by atoms with van der Waals surface area (Å²) in [6.45, 7) is 6.47. The van der Waals surface area contributed by atoms with E-state index in [1.165, 1.54) is 0 Å². The van der Waals surface area contributed by atoms with Gasteiger partial charge in [-0.2, -0.15) is 0 Å². The van der Waals surface area contributed by atoms with Crippen molar-refractivity contribution in [2.75, 3.05) is 0 Å². The summed E-state index contributed by atoms with van der Waals surface area (Å²) in [5.74, 6) is 0.181. The van der Waals surface area contributed by atoms with E-state index >= 15 is 0 Å². The van der Waals surface area contributed by atoms with Gasteiger partial charge in [-0.25, -0.2) is 9.78 Å². The van der Waals surface area contributed by atoms with Crippen molar-refractivity contribution in [3.63, 3.8) is 0 Å². The van der Waals surface area contributed by atoms with Crippen LogP contribution in [0, 0.1) is 0 Å². The van der Waals surface area contributed by atoms with Crippen molar-refractivity contribution in [3.05, 3.63) is 29.6 Å². The van der Waals surface area contributed by atoms with Crippen molar-refractivity contribution in [2.24, 2.45) is 0 Å². The highest BCUT2D eigenvalue weighted by atomic mass is 16.4. The van der Waals surface area contributed by atoms with Gasteiger partial charge in [0, 0.05) is 12.5 Å². The van der Waals surface area contributed by atoms with E-state index < -0.39 is 5.97 Å². The SMILES string of the molecule is CCCc1nc2ccc(C(=O)O)cc2n1C(CC)CC. The second-order valence-electron chi connectivity index (χ2n) is 5.13. The van der Waals surface area contributed by atoms with E-state index in [9.17, 15) is 4.79 Å². The van der Waals surface area contributed by atoms with Gasteiger partial charge in [0.15, 0.2) is 0 Å². The lowest BCUT2D eigenvalue weighted by atomic mass is 10.1. The first-order valence-corrected chi connectivity index (χ1v) is 7.36. The molecule has 0 aliphatic rings. The van der Waals surface area contributed by atoms with Gasteiger partial charge in [0.05, 0.1) is 16.6 Å². The number of aryl methyl sites for hydroxylation is 1. The number of imidazole rings is 1. The van der Waals surface area contributed by atoms with Gasteiger partial charge in [0.2, 0.25) is 0 Å². The molecule has 0 amide bonds. The lowest BCUT2D eigenvalue weighted by Crippen LogP contribution is -2.11. The molecule has 0 radical (unpaired) electrons. The van der Waals surface area contributed by atoms with Crippen LogP contribution in [0.1, 0.15) is 62.3 Å². The summed E-state index contributed by atoms with van der Waals surface area (Å²) in [7, 11) is 0. The standard InChI is InChI=1S/C16H22N2O2/c1-4-7-15-17-13-9-8-11(16(19)20)10-14(13)18(15)12(5-2)6-3/h8-10,12H,4-7H2,1-3H3,(H,19,20). The summed E-state index contributed by atoms with van der Waals surface area (Å²) < 4.78 is 2.24. The Bertz CT molecular complexity index is 612. The predicted molar refractivity (Wildman–Crippen MR) is 80.3 cm³/mol. The lowest BCUT2D eigenvalue weighted by molar-refractivity contribution is 0.0697. The molecule has 4 nitrogen and oxygen atoms in total. The first-order valence-electron chi connectivity index (χ1n) is 7.36. The molecular weight excluding hydrogens is 252 g/mol. The molecule has 20 heavy (non-hydrogen) atoms. The second kappa shape index (κ2) is 6.07. The number of rotatable bonds is 6. The molecule has 0 bridgehead atoms. The van der Waals surface area contributed by atoms with Crippen LogP contribution in [0.4, 0.5) is 0 Å². The molecule has 0 fully saturated rings. The number of benzene rings is 1. The van der Waals surface area contributed by atoms with Crippen molar-refractivity contribution >= 4 is 17.0 Å². The zero-order valence-corrected chi connectivity index (χ0v) is 12.4. The molecule has 1 heterocycles. The Hall–Kier alpha value is -1.84. The van der Waals surface area contributed by atoms with Crippen molar-refractivity contribution < 1.29 is 9.90 Å². The van der Waals surface area contributed by atoms with Gasteiger partial charge >= 0.3 is 5.97 Å². The monoisotopic (exact) mass is 274 g/mol. The fourth-order valence-electron chi connectivity index (χ4n) is 2.74. The smallest absolute Gasteiger partial charge is 0.335 e. The molecule has 0 aliphatic heterocycles. The topological polar surface area (TPSA) is 55.1 Å². The minimum absolute atomic E-state index is 0.327. The number of fused-ring (bicyclic) bond motifs is 1. The van der Waals surface area contributed by atoms with Gasteiger partial charge in [-0.3, -0.25) is 0 Å². The Morgan fingerprint density at radius 3 is 2.55 bits per heavy atom. The molecule has 0 spiro atoms. The van der Waals surface area contributed by atoms with Crippen LogP contribution in [-0.2, 0) is 6.42 Å². The van der Waals surface area contributed by atoms with Gasteiger partial charge in [-0.05, 0) is 37.5 Å². The van der Waals surface area contributed by atoms with Crippen molar-refractivity contribution in [2.45, 2.75) is 52.5 Å². The molecule has 0 unspecified atom stereocenters. The number of carbonyl (C=O) groups is 1. The van der Waals surface area contributed by atoms with E-state index in [1.54, 1.807) is 12.1 Å². The van der Waals surface area contributed by atoms with Gasteiger partial charge in [0.1, 0.15) is 5.82 Å². The third-order valence-electron chi connectivity index (χ3n) is 3.79. The summed E-state index contributed by atoms with van der Waals surface area (Å²) >= 11 is 0. The molecule has 0 saturated carbocycles. The Kier molecular flexibility index (Phi) is 4.42. The van der Waals surface area contributed by atoms with Crippen LogP contribution in [0.25, 0.3) is 11.0 Å². The maximum absolute atomic E-state index is 11.2. The minimum Gasteiger partial charge on any atom is -0.478 e. The Morgan fingerprint density at radius 2 is 2.00 bits per heavy atom. The fraction of sp³-hybridized carbons (Fsp3) is 0.500. The van der Waals surface area contributed by atoms with Crippen LogP contribution in [0.15, 0.2) is 18.2 Å². The second-order valence-corrected chi connectivity index (χ2v) is 5.13. The molecule has 4 heteroatoms. The molecule has 108 valence electrons. The van der Waals surface area contributed by atoms with Crippen LogP contribution in [0.3, 0.4) is 0 Å². The minimum atomic E-state index is -0.888. The van der Waals surface area contributed by atoms with E-state index in [2.05, 4.69) is 30.3 Å². The normalized spacial score (nSPS) is 11.4. The van der Waals surface area contributed by atoms with Crippen molar-refractivity contribution in [1.82, 2.24) is 9.55 Å². The van der Waals surface area contributed by atoms with E-state index in [4.69, 9.17) is 5.11 Å². The Morgan fingerprint density at radius 1 is 1.30 bits per heavy atom. The highest BCUT2D eigenvalue weighted by Gasteiger charge is 2.17. The zero-order chi connectivity index (χ0) is 14.7. The maximum atomic E-state index is 11.2. The summed E-state index contributed by atoms with van der Waals surface area (Å²) in [4.78, 5) is 15.9. The van der Waals surface area contributed by atoms with E-state index in [1.807, 2.05) is 6.07 Å². The number of carboxylic acid groups (broad SMARTS) is 1. The number of carboxylic acids is 1. The predicted octanol–water partition coefficient (Wildman–Crippen LogP) is 4.05. The number of hydrogen-bond donors (Lipinski definition) is 1. The summed E-state index contributed by atoms with van der Waals surface area (Å²) in [5, 5.41) is 9.17. The fourth-order valence-corrected chi connectivity index (χ4v) is 2.74. The summed E-state index contributed by atoms with van der Waals surface area (Å²) in [5.41, 5.74) is 2.17. The first kappa shape index (κ1) is 14.6. The zero-order valence-electron chi connectivity index (χ0n) is 12.4. The van der Waals surface area contributed by atoms with Gasteiger partial charge in [-0.1, -0.05) is 20.8 Å². The number of aromatic nitrogens is 2. The van der Waals surface area contributed by atoms with Crippen molar-refractivity contribution in [3.8, 4) is 0 Å². The molecule has 0 aliphatic carbocycles. The number of nitrogens with zero attached hydrogens (tertiary/aromatic N) is 2. The van der Waals surface area contributed by atoms with Gasteiger partial charge in [-0.15, -0.1) is 0 Å². The molecule has 0 atom stereocenters. The van der Waals surface area contributed by atoms with Crippen LogP contribution in [-0.4, -0.2) is 20.6 Å². The summed E-state index contributed by atoms with van der Waals surface area (Å²) in [6, 6.07) is 5.58. The molecule has 2 rings (SSSR count). The maximum Gasteiger partial charge on any atom is 0.335 e. The van der Waals surface area contributed by atoms with Gasteiger partial charge in [0.25, 0.3) is 0 Å². The lowest BCUT2D eigenvalue weighted by Gasteiger charge is -2.18. The Balaban J connectivity index is 2.66. The third-order valence-corrected chi connectivity index (χ3v) is 3.79. The first-order chi connectivity index (χ1) is 9.62. The average molecular weight is 274 g/mol. The summed E-state index contributed by atoms with van der Waals surface area (Å²) in [6.07, 6.45) is 4.01. The van der Waals surface area contributed by atoms with Crippen LogP contribution in [0.2, 0.25) is 0 Å². The highest BCUT2D eigenvalue weighted by Crippen LogP contribution is 2.27. The molecule has 2 aromatic rings. The van der Waals surface area contributed by atoms with Crippen LogP contribution >= 0.6 is 0 Å². The molecule has 1 aromatic carbocycles. The van der Waals surface area contributed by atoms with E-state index in [-0.39, 0.29) is 0 Å². The Labute approximate surface area is 119 Å². The number of aromatic carboxylic acids is 1. The molecule has 0 saturated heterocycles. The van der Waals surface area contributed by atoms with Crippen molar-refractivity contribution in [1.29, 1.82) is 0 Å². The molecule has 1 aromatic heterocycles. The van der Waals surface area contributed by atoms with Crippen LogP contribution in [0.5, 0.6) is 0 Å². The highest BCUT2D eigenvalue weighted by molar-refractivity contribution is 5.92. The largest absolute Gasteiger partial charge is 0.478 e. The van der Waals surface area contributed by atoms with Crippen LogP contribution < -0.4 is 0 Å². The third kappa shape index (κ3) is 2.55. The number of hydrogen-bond acceptors (Lipinski definition) is 2. The van der Waals surface area contributed by atoms with Gasteiger partial charge < -0.3 is 9.67 Å². The quantitative estimate of drug-likeness (QED) is 0.864. The average Bonchev–Trinajstić information content (AvgIpc) is 2.78. The molecule has 1 N–H and O–H groups in total. The molecular formula is C16H22N2O2. The van der Waals surface area contributed by atoms with E-state index in [0.29, 0.717) is 11.6 Å².